The van der Waals surface area contributed by atoms with Gasteiger partial charge in [0.25, 0.3) is 0 Å². The van der Waals surface area contributed by atoms with Crippen molar-refractivity contribution in [3.63, 3.8) is 0 Å². The molecule has 0 radical (unpaired) electrons. The van der Waals surface area contributed by atoms with Crippen LogP contribution in [0.1, 0.15) is 17.5 Å². The third kappa shape index (κ3) is 1.40. The van der Waals surface area contributed by atoms with Crippen molar-refractivity contribution >= 4 is 22.4 Å². The lowest BCUT2D eigenvalue weighted by molar-refractivity contribution is -0.385. The fourth-order valence-corrected chi connectivity index (χ4v) is 1.41. The quantitative estimate of drug-likeness (QED) is 0.476. The minimum atomic E-state index is -0.699. The van der Waals surface area contributed by atoms with Crippen LogP contribution in [0.4, 0.5) is 5.69 Å². The lowest BCUT2D eigenvalue weighted by Crippen LogP contribution is -1.87. The molecular weight excluding hydrogens is 214 g/mol. The standard InChI is InChI=1S/C10H7NO5/c1-5(12)9-4-6-8(16-9)3-2-7(10(6)13)11(14)15/h2-4,13H,1H3. The predicted molar refractivity (Wildman–Crippen MR) is 54.5 cm³/mol. The Morgan fingerprint density at radius 1 is 1.50 bits per heavy atom. The highest BCUT2D eigenvalue weighted by Crippen LogP contribution is 2.35. The number of phenolic OH excluding ortho intramolecular Hbond substituents is 1. The molecule has 0 bridgehead atoms. The molecule has 0 saturated heterocycles. The number of aromatic hydroxyl groups is 1. The number of hydrogen-bond donors (Lipinski definition) is 1. The van der Waals surface area contributed by atoms with Crippen LogP contribution in [-0.4, -0.2) is 15.8 Å². The van der Waals surface area contributed by atoms with Crippen LogP contribution in [0.5, 0.6) is 5.75 Å². The molecule has 1 aromatic carbocycles. The van der Waals surface area contributed by atoms with E-state index < -0.39 is 16.4 Å². The molecule has 6 heteroatoms. The second kappa shape index (κ2) is 3.34. The van der Waals surface area contributed by atoms with Crippen LogP contribution in [0.15, 0.2) is 22.6 Å². The van der Waals surface area contributed by atoms with Crippen LogP contribution in [0.25, 0.3) is 11.0 Å². The monoisotopic (exact) mass is 221 g/mol. The number of fused-ring (bicyclic) bond motifs is 1. The molecular formula is C10H7NO5. The number of Topliss-reactive ketones (excluding diaryl/α,β-unsaturated/α-hetero) is 1. The molecule has 0 atom stereocenters. The van der Waals surface area contributed by atoms with Gasteiger partial charge in [-0.3, -0.25) is 14.9 Å². The third-order valence-electron chi connectivity index (χ3n) is 2.19. The van der Waals surface area contributed by atoms with Crippen LogP contribution in [0.3, 0.4) is 0 Å². The molecule has 1 heterocycles. The molecule has 0 amide bonds. The molecule has 6 nitrogen and oxygen atoms in total. The van der Waals surface area contributed by atoms with E-state index in [2.05, 4.69) is 0 Å². The largest absolute Gasteiger partial charge is 0.502 e. The van der Waals surface area contributed by atoms with Crippen molar-refractivity contribution in [1.82, 2.24) is 0 Å². The number of benzene rings is 1. The first-order valence-electron chi connectivity index (χ1n) is 4.41. The summed E-state index contributed by atoms with van der Waals surface area (Å²) < 4.78 is 5.11. The number of phenols is 1. The molecule has 0 spiro atoms. The Bertz CT molecular complexity index is 599. The van der Waals surface area contributed by atoms with E-state index in [-0.39, 0.29) is 22.5 Å². The van der Waals surface area contributed by atoms with Crippen LogP contribution in [-0.2, 0) is 0 Å². The van der Waals surface area contributed by atoms with Gasteiger partial charge >= 0.3 is 5.69 Å². The Kier molecular flexibility index (Phi) is 2.12. The predicted octanol–water partition coefficient (Wildman–Crippen LogP) is 2.25. The van der Waals surface area contributed by atoms with Gasteiger partial charge in [-0.25, -0.2) is 0 Å². The Morgan fingerprint density at radius 3 is 2.75 bits per heavy atom. The summed E-state index contributed by atoms with van der Waals surface area (Å²) in [5.74, 6) is -0.734. The molecule has 0 aliphatic heterocycles. The highest BCUT2D eigenvalue weighted by molar-refractivity contribution is 5.98. The molecule has 0 unspecified atom stereocenters. The van der Waals surface area contributed by atoms with Crippen molar-refractivity contribution in [3.05, 3.63) is 34.1 Å². The van der Waals surface area contributed by atoms with E-state index >= 15 is 0 Å². The molecule has 0 aliphatic rings. The molecule has 1 aromatic heterocycles. The smallest absolute Gasteiger partial charge is 0.311 e. The number of nitrogens with zero attached hydrogens (tertiary/aromatic N) is 1. The first-order valence-corrected chi connectivity index (χ1v) is 4.41. The second-order valence-electron chi connectivity index (χ2n) is 3.27. The number of furan rings is 1. The molecule has 2 aromatic rings. The molecule has 16 heavy (non-hydrogen) atoms. The van der Waals surface area contributed by atoms with Crippen LogP contribution >= 0.6 is 0 Å². The van der Waals surface area contributed by atoms with Gasteiger partial charge in [0.1, 0.15) is 5.58 Å². The Labute approximate surface area is 89.2 Å². The topological polar surface area (TPSA) is 93.6 Å². The maximum atomic E-state index is 11.0. The fraction of sp³-hybridized carbons (Fsp3) is 0.100. The molecule has 0 aliphatic carbocycles. The average Bonchev–Trinajstić information content (AvgIpc) is 2.62. The van der Waals surface area contributed by atoms with E-state index in [1.165, 1.54) is 19.1 Å². The van der Waals surface area contributed by atoms with Crippen LogP contribution in [0.2, 0.25) is 0 Å². The molecule has 82 valence electrons. The minimum Gasteiger partial charge on any atom is -0.502 e. The first-order chi connectivity index (χ1) is 7.50. The van der Waals surface area contributed by atoms with Gasteiger partial charge < -0.3 is 9.52 Å². The first kappa shape index (κ1) is 10.2. The molecule has 1 N–H and O–H groups in total. The third-order valence-corrected chi connectivity index (χ3v) is 2.19. The summed E-state index contributed by atoms with van der Waals surface area (Å²) in [6.07, 6.45) is 0. The Balaban J connectivity index is 2.74. The summed E-state index contributed by atoms with van der Waals surface area (Å²) in [6.45, 7) is 1.31. The maximum absolute atomic E-state index is 11.0. The number of hydrogen-bond acceptors (Lipinski definition) is 5. The highest BCUT2D eigenvalue weighted by atomic mass is 16.6. The lowest BCUT2D eigenvalue weighted by Gasteiger charge is -1.95. The van der Waals surface area contributed by atoms with Gasteiger partial charge in [0, 0.05) is 13.0 Å². The summed E-state index contributed by atoms with van der Waals surface area (Å²) >= 11 is 0. The van der Waals surface area contributed by atoms with E-state index in [9.17, 15) is 20.0 Å². The highest BCUT2D eigenvalue weighted by Gasteiger charge is 2.19. The van der Waals surface area contributed by atoms with Crippen molar-refractivity contribution in [1.29, 1.82) is 0 Å². The molecule has 2 rings (SSSR count). The lowest BCUT2D eigenvalue weighted by atomic mass is 10.2. The van der Waals surface area contributed by atoms with E-state index in [0.29, 0.717) is 0 Å². The van der Waals surface area contributed by atoms with Gasteiger partial charge in [-0.2, -0.15) is 0 Å². The zero-order valence-corrected chi connectivity index (χ0v) is 8.26. The maximum Gasteiger partial charge on any atom is 0.311 e. The van der Waals surface area contributed by atoms with Gasteiger partial charge in [-0.1, -0.05) is 0 Å². The molecule has 0 saturated carbocycles. The molecule has 0 fully saturated rings. The van der Waals surface area contributed by atoms with E-state index in [0.717, 1.165) is 6.07 Å². The van der Waals surface area contributed by atoms with E-state index in [1.54, 1.807) is 0 Å². The summed E-state index contributed by atoms with van der Waals surface area (Å²) in [7, 11) is 0. The number of carbonyl (C=O) groups is 1. The zero-order chi connectivity index (χ0) is 11.9. The number of nitro benzene ring substituents is 1. The summed E-state index contributed by atoms with van der Waals surface area (Å²) in [4.78, 5) is 20.9. The van der Waals surface area contributed by atoms with Crippen molar-refractivity contribution in [3.8, 4) is 5.75 Å². The van der Waals surface area contributed by atoms with E-state index in [1.807, 2.05) is 0 Å². The number of rotatable bonds is 2. The zero-order valence-electron chi connectivity index (χ0n) is 8.26. The number of carbonyl (C=O) groups excluding carboxylic acids is 1. The average molecular weight is 221 g/mol. The SMILES string of the molecule is CC(=O)c1cc2c(O)c([N+](=O)[O-])ccc2o1. The Morgan fingerprint density at radius 2 is 2.19 bits per heavy atom. The number of ketones is 1. The van der Waals surface area contributed by atoms with Crippen LogP contribution < -0.4 is 0 Å². The Hall–Kier alpha value is -2.37. The van der Waals surface area contributed by atoms with Gasteiger partial charge in [0.2, 0.25) is 5.75 Å². The van der Waals surface area contributed by atoms with Crippen LogP contribution in [0, 0.1) is 10.1 Å². The normalized spacial score (nSPS) is 10.6. The summed E-state index contributed by atoms with van der Waals surface area (Å²) in [5.41, 5.74) is -0.170. The summed E-state index contributed by atoms with van der Waals surface area (Å²) in [6, 6.07) is 3.77. The minimum absolute atomic E-state index is 0.0609. The van der Waals surface area contributed by atoms with Gasteiger partial charge in [0.05, 0.1) is 10.3 Å². The van der Waals surface area contributed by atoms with Crippen molar-refractivity contribution in [2.45, 2.75) is 6.92 Å². The van der Waals surface area contributed by atoms with Gasteiger partial charge in [-0.15, -0.1) is 0 Å². The van der Waals surface area contributed by atoms with Crippen molar-refractivity contribution in [2.24, 2.45) is 0 Å². The van der Waals surface area contributed by atoms with Gasteiger partial charge in [-0.05, 0) is 12.1 Å². The fourth-order valence-electron chi connectivity index (χ4n) is 1.41. The number of nitro groups is 1. The van der Waals surface area contributed by atoms with Crippen molar-refractivity contribution in [2.75, 3.05) is 0 Å². The summed E-state index contributed by atoms with van der Waals surface area (Å²) in [5, 5.41) is 20.3. The van der Waals surface area contributed by atoms with Crippen molar-refractivity contribution < 1.29 is 19.2 Å². The van der Waals surface area contributed by atoms with E-state index in [4.69, 9.17) is 4.42 Å². The second-order valence-corrected chi connectivity index (χ2v) is 3.27. The van der Waals surface area contributed by atoms with Gasteiger partial charge in [0.15, 0.2) is 11.5 Å².